The van der Waals surface area contributed by atoms with Crippen LogP contribution in [-0.4, -0.2) is 24.1 Å². The predicted octanol–water partition coefficient (Wildman–Crippen LogP) is 2.13. The Morgan fingerprint density at radius 3 is 2.73 bits per heavy atom. The molecule has 0 aliphatic rings. The van der Waals surface area contributed by atoms with E-state index in [0.29, 0.717) is 28.2 Å². The maximum atomic E-state index is 12.3. The molecule has 3 aromatic heterocycles. The number of hydrogen-bond donors (Lipinski definition) is 1. The molecule has 4 rings (SSSR count). The minimum absolute atomic E-state index is 0.173. The Balaban J connectivity index is 1.86. The molecule has 26 heavy (non-hydrogen) atoms. The van der Waals surface area contributed by atoms with Crippen molar-refractivity contribution < 1.29 is 0 Å². The van der Waals surface area contributed by atoms with Crippen LogP contribution in [0, 0.1) is 11.3 Å². The van der Waals surface area contributed by atoms with Crippen molar-refractivity contribution in [1.29, 1.82) is 5.26 Å². The third-order valence-corrected chi connectivity index (χ3v) is 4.00. The van der Waals surface area contributed by atoms with Crippen LogP contribution in [0.3, 0.4) is 0 Å². The van der Waals surface area contributed by atoms with Gasteiger partial charge >= 0.3 is 0 Å². The Morgan fingerprint density at radius 2 is 2.04 bits per heavy atom. The van der Waals surface area contributed by atoms with E-state index < -0.39 is 0 Å². The summed E-state index contributed by atoms with van der Waals surface area (Å²) in [5.41, 5.74) is 2.92. The quantitative estimate of drug-likeness (QED) is 0.611. The molecule has 0 unspecified atom stereocenters. The molecule has 0 aliphatic carbocycles. The first-order chi connectivity index (χ1) is 12.7. The van der Waals surface area contributed by atoms with E-state index in [9.17, 15) is 4.79 Å². The number of pyridine rings is 1. The van der Waals surface area contributed by atoms with Crippen molar-refractivity contribution in [3.8, 4) is 12.0 Å². The molecule has 0 saturated heterocycles. The average Bonchev–Trinajstić information content (AvgIpc) is 3.21. The monoisotopic (exact) mass is 343 g/mol. The van der Waals surface area contributed by atoms with Gasteiger partial charge in [0.05, 0.1) is 29.0 Å². The molecule has 0 radical (unpaired) electrons. The highest BCUT2D eigenvalue weighted by Gasteiger charge is 2.11. The minimum atomic E-state index is -0.173. The number of aromatic nitrogens is 5. The van der Waals surface area contributed by atoms with Crippen LogP contribution in [0.5, 0.6) is 0 Å². The van der Waals surface area contributed by atoms with Crippen LogP contribution in [0.2, 0.25) is 0 Å². The van der Waals surface area contributed by atoms with Crippen molar-refractivity contribution in [2.24, 2.45) is 7.05 Å². The van der Waals surface area contributed by atoms with Gasteiger partial charge in [-0.25, -0.2) is 15.0 Å². The lowest BCUT2D eigenvalue weighted by atomic mass is 10.2. The highest BCUT2D eigenvalue weighted by Crippen LogP contribution is 2.23. The van der Waals surface area contributed by atoms with E-state index in [1.807, 2.05) is 0 Å². The smallest absolute Gasteiger partial charge is 0.252 e. The lowest BCUT2D eigenvalue weighted by Gasteiger charge is -2.12. The lowest BCUT2D eigenvalue weighted by molar-refractivity contribution is 0.883. The second-order valence-electron chi connectivity index (χ2n) is 5.64. The number of imidazole rings is 1. The van der Waals surface area contributed by atoms with E-state index >= 15 is 0 Å². The summed E-state index contributed by atoms with van der Waals surface area (Å²) < 4.78 is 3.19. The zero-order valence-electron chi connectivity index (χ0n) is 13.8. The highest BCUT2D eigenvalue weighted by molar-refractivity contribution is 5.89. The first-order valence-electron chi connectivity index (χ1n) is 7.78. The van der Waals surface area contributed by atoms with Crippen LogP contribution in [-0.2, 0) is 7.05 Å². The Labute approximate surface area is 148 Å². The largest absolute Gasteiger partial charge is 0.354 e. The van der Waals surface area contributed by atoms with Crippen LogP contribution in [0.1, 0.15) is 5.56 Å². The zero-order chi connectivity index (χ0) is 18.1. The molecule has 1 N–H and O–H groups in total. The minimum Gasteiger partial charge on any atom is -0.354 e. The fourth-order valence-corrected chi connectivity index (χ4v) is 2.60. The topological polar surface area (TPSA) is 101 Å². The number of fused-ring (bicyclic) bond motifs is 1. The van der Waals surface area contributed by atoms with Gasteiger partial charge in [0.2, 0.25) is 5.95 Å². The summed E-state index contributed by atoms with van der Waals surface area (Å²) >= 11 is 0. The Hall–Kier alpha value is -3.99. The SMILES string of the molecule is Cn1c(=O)cc(Nc2ccc(C#N)cc2)c2nc(-n3ccnc3)ncc21. The normalized spacial score (nSPS) is 10.6. The third-order valence-electron chi connectivity index (χ3n) is 4.00. The molecule has 0 saturated carbocycles. The van der Waals surface area contributed by atoms with Gasteiger partial charge in [0, 0.05) is 31.2 Å². The van der Waals surface area contributed by atoms with Crippen molar-refractivity contribution in [3.05, 3.63) is 71.2 Å². The molecule has 0 bridgehead atoms. The maximum absolute atomic E-state index is 12.3. The van der Waals surface area contributed by atoms with Gasteiger partial charge < -0.3 is 9.88 Å². The van der Waals surface area contributed by atoms with Crippen LogP contribution >= 0.6 is 0 Å². The summed E-state index contributed by atoms with van der Waals surface area (Å²) in [7, 11) is 1.68. The number of nitrogens with one attached hydrogen (secondary N) is 1. The Morgan fingerprint density at radius 1 is 1.23 bits per heavy atom. The molecule has 8 nitrogen and oxygen atoms in total. The molecule has 4 aromatic rings. The Kier molecular flexibility index (Phi) is 3.67. The number of aryl methyl sites for hydroxylation is 1. The van der Waals surface area contributed by atoms with Crippen molar-refractivity contribution in [2.45, 2.75) is 0 Å². The first kappa shape index (κ1) is 15.5. The zero-order valence-corrected chi connectivity index (χ0v) is 13.8. The molecule has 0 fully saturated rings. The van der Waals surface area contributed by atoms with Crippen molar-refractivity contribution in [3.63, 3.8) is 0 Å². The fourth-order valence-electron chi connectivity index (χ4n) is 2.60. The molecule has 0 amide bonds. The first-order valence-corrected chi connectivity index (χ1v) is 7.78. The summed E-state index contributed by atoms with van der Waals surface area (Å²) in [6.07, 6.45) is 6.61. The summed E-state index contributed by atoms with van der Waals surface area (Å²) in [5.74, 6) is 0.455. The molecular weight excluding hydrogens is 330 g/mol. The van der Waals surface area contributed by atoms with E-state index in [1.54, 1.807) is 60.8 Å². The van der Waals surface area contributed by atoms with Crippen LogP contribution in [0.15, 0.2) is 60.0 Å². The second-order valence-corrected chi connectivity index (χ2v) is 5.64. The molecule has 3 heterocycles. The van der Waals surface area contributed by atoms with Crippen molar-refractivity contribution in [1.82, 2.24) is 24.1 Å². The van der Waals surface area contributed by atoms with Gasteiger partial charge in [-0.1, -0.05) is 0 Å². The molecule has 0 atom stereocenters. The highest BCUT2D eigenvalue weighted by atomic mass is 16.1. The maximum Gasteiger partial charge on any atom is 0.252 e. The molecule has 1 aromatic carbocycles. The van der Waals surface area contributed by atoms with Gasteiger partial charge in [0.25, 0.3) is 5.56 Å². The van der Waals surface area contributed by atoms with E-state index in [0.717, 1.165) is 5.69 Å². The van der Waals surface area contributed by atoms with Gasteiger partial charge in [-0.3, -0.25) is 9.36 Å². The summed E-state index contributed by atoms with van der Waals surface area (Å²) in [6.45, 7) is 0. The van der Waals surface area contributed by atoms with Crippen LogP contribution in [0.4, 0.5) is 11.4 Å². The van der Waals surface area contributed by atoms with E-state index in [2.05, 4.69) is 26.3 Å². The molecule has 0 aliphatic heterocycles. The van der Waals surface area contributed by atoms with Crippen LogP contribution < -0.4 is 10.9 Å². The van der Waals surface area contributed by atoms with Crippen LogP contribution in [0.25, 0.3) is 17.0 Å². The number of nitrogens with zero attached hydrogens (tertiary/aromatic N) is 6. The van der Waals surface area contributed by atoms with E-state index in [1.165, 1.54) is 10.6 Å². The number of nitriles is 1. The van der Waals surface area contributed by atoms with Gasteiger partial charge in [-0.2, -0.15) is 5.26 Å². The number of rotatable bonds is 3. The molecule has 0 spiro atoms. The Bertz CT molecular complexity index is 1190. The molecular formula is C18H13N7O. The molecule has 8 heteroatoms. The van der Waals surface area contributed by atoms with Gasteiger partial charge in [0.15, 0.2) is 0 Å². The summed E-state index contributed by atoms with van der Waals surface area (Å²) in [4.78, 5) is 25.2. The molecule has 126 valence electrons. The summed E-state index contributed by atoms with van der Waals surface area (Å²) in [5, 5.41) is 12.1. The second kappa shape index (κ2) is 6.14. The van der Waals surface area contributed by atoms with E-state index in [4.69, 9.17) is 5.26 Å². The van der Waals surface area contributed by atoms with Crippen molar-refractivity contribution in [2.75, 3.05) is 5.32 Å². The van der Waals surface area contributed by atoms with Gasteiger partial charge in [0.1, 0.15) is 11.8 Å². The van der Waals surface area contributed by atoms with Gasteiger partial charge in [-0.15, -0.1) is 0 Å². The predicted molar refractivity (Wildman–Crippen MR) is 96.3 cm³/mol. The van der Waals surface area contributed by atoms with Gasteiger partial charge in [-0.05, 0) is 24.3 Å². The standard InChI is InChI=1S/C18H13N7O/c1-24-15-10-21-18(25-7-6-20-11-25)23-17(15)14(8-16(24)26)22-13-4-2-12(9-19)3-5-13/h2-8,10-11,22H,1H3. The summed E-state index contributed by atoms with van der Waals surface area (Å²) in [6, 6.07) is 10.5. The average molecular weight is 343 g/mol. The van der Waals surface area contributed by atoms with E-state index in [-0.39, 0.29) is 5.56 Å². The fraction of sp³-hybridized carbons (Fsp3) is 0.0556. The lowest BCUT2D eigenvalue weighted by Crippen LogP contribution is -2.18. The number of hydrogen-bond acceptors (Lipinski definition) is 6. The van der Waals surface area contributed by atoms with Crippen molar-refractivity contribution >= 4 is 22.4 Å². The number of anilines is 2. The third kappa shape index (κ3) is 2.67. The number of benzene rings is 1.